The lowest BCUT2D eigenvalue weighted by Gasteiger charge is -2.34. The maximum atomic E-state index is 11.5. The van der Waals surface area contributed by atoms with Crippen LogP contribution in [0.5, 0.6) is 0 Å². The number of carbonyl (C=O) groups excluding carboxylic acids is 1. The summed E-state index contributed by atoms with van der Waals surface area (Å²) in [5.74, 6) is -3.81. The van der Waals surface area contributed by atoms with Gasteiger partial charge in [-0.1, -0.05) is 18.7 Å². The second-order valence-electron chi connectivity index (χ2n) is 4.69. The van der Waals surface area contributed by atoms with Crippen molar-refractivity contribution in [2.45, 2.75) is 25.7 Å². The van der Waals surface area contributed by atoms with Crippen molar-refractivity contribution in [3.05, 3.63) is 24.8 Å². The number of hydrogen-bond donors (Lipinski definition) is 2. The number of hydrogen-bond acceptors (Lipinski definition) is 4. The van der Waals surface area contributed by atoms with Gasteiger partial charge >= 0.3 is 17.9 Å². The molecule has 0 aromatic heterocycles. The van der Waals surface area contributed by atoms with Crippen LogP contribution in [0.25, 0.3) is 0 Å². The lowest BCUT2D eigenvalue weighted by atomic mass is 9.67. The number of carboxylic acid groups (broad SMARTS) is 2. The van der Waals surface area contributed by atoms with Gasteiger partial charge in [0.05, 0.1) is 17.9 Å². The highest BCUT2D eigenvalue weighted by Gasteiger charge is 2.48. The maximum Gasteiger partial charge on any atom is 0.330 e. The molecular formula is C14H18O6. The molecule has 0 spiro atoms. The summed E-state index contributed by atoms with van der Waals surface area (Å²) in [5, 5.41) is 18.6. The fourth-order valence-electron chi connectivity index (χ4n) is 2.46. The second kappa shape index (κ2) is 6.88. The van der Waals surface area contributed by atoms with Crippen molar-refractivity contribution in [1.29, 1.82) is 0 Å². The van der Waals surface area contributed by atoms with E-state index in [0.717, 1.165) is 6.08 Å². The summed E-state index contributed by atoms with van der Waals surface area (Å²) in [5.41, 5.74) is -1.43. The highest BCUT2D eigenvalue weighted by atomic mass is 16.5. The summed E-state index contributed by atoms with van der Waals surface area (Å²) in [7, 11) is 0. The van der Waals surface area contributed by atoms with Crippen molar-refractivity contribution >= 4 is 17.9 Å². The summed E-state index contributed by atoms with van der Waals surface area (Å²) in [6, 6.07) is 0. The monoisotopic (exact) mass is 282 g/mol. The van der Waals surface area contributed by atoms with E-state index in [1.807, 2.05) is 0 Å². The predicted molar refractivity (Wildman–Crippen MR) is 70.0 cm³/mol. The Balaban J connectivity index is 2.75. The highest BCUT2D eigenvalue weighted by molar-refractivity contribution is 5.85. The van der Waals surface area contributed by atoms with Crippen molar-refractivity contribution in [2.24, 2.45) is 11.3 Å². The first-order valence-corrected chi connectivity index (χ1v) is 6.37. The molecule has 0 fully saturated rings. The van der Waals surface area contributed by atoms with Crippen molar-refractivity contribution in [3.63, 3.8) is 0 Å². The van der Waals surface area contributed by atoms with Crippen molar-refractivity contribution < 1.29 is 29.3 Å². The third kappa shape index (κ3) is 3.46. The Bertz CT molecular complexity index is 439. The van der Waals surface area contributed by atoms with Gasteiger partial charge in [0.15, 0.2) is 0 Å². The second-order valence-corrected chi connectivity index (χ2v) is 4.69. The fourth-order valence-corrected chi connectivity index (χ4v) is 2.46. The van der Waals surface area contributed by atoms with Gasteiger partial charge in [-0.15, -0.1) is 0 Å². The lowest BCUT2D eigenvalue weighted by Crippen LogP contribution is -2.42. The van der Waals surface area contributed by atoms with Crippen LogP contribution < -0.4 is 0 Å². The molecular weight excluding hydrogens is 264 g/mol. The van der Waals surface area contributed by atoms with Crippen LogP contribution in [0.2, 0.25) is 0 Å². The van der Waals surface area contributed by atoms with Crippen LogP contribution >= 0.6 is 0 Å². The van der Waals surface area contributed by atoms with E-state index >= 15 is 0 Å². The Hall–Kier alpha value is -2.11. The van der Waals surface area contributed by atoms with Crippen LogP contribution in [0, 0.1) is 11.3 Å². The zero-order chi connectivity index (χ0) is 15.2. The molecule has 0 aliphatic heterocycles. The number of carboxylic acids is 2. The summed E-state index contributed by atoms with van der Waals surface area (Å²) >= 11 is 0. The maximum absolute atomic E-state index is 11.5. The zero-order valence-electron chi connectivity index (χ0n) is 11.1. The lowest BCUT2D eigenvalue weighted by molar-refractivity contribution is -0.160. The number of ether oxygens (including phenoxy) is 1. The van der Waals surface area contributed by atoms with E-state index < -0.39 is 29.2 Å². The minimum Gasteiger partial charge on any atom is -0.481 e. The first kappa shape index (κ1) is 15.9. The van der Waals surface area contributed by atoms with Crippen LogP contribution in [0.3, 0.4) is 0 Å². The minimum absolute atomic E-state index is 0.0417. The first-order valence-electron chi connectivity index (χ1n) is 6.37. The molecule has 2 atom stereocenters. The molecule has 0 amide bonds. The van der Waals surface area contributed by atoms with Gasteiger partial charge in [-0.05, 0) is 25.7 Å². The molecule has 6 nitrogen and oxygen atoms in total. The molecule has 0 bridgehead atoms. The molecule has 0 aromatic rings. The van der Waals surface area contributed by atoms with Gasteiger partial charge in [-0.2, -0.15) is 0 Å². The number of rotatable bonds is 7. The third-order valence-corrected chi connectivity index (χ3v) is 3.50. The van der Waals surface area contributed by atoms with E-state index in [1.165, 1.54) is 6.08 Å². The predicted octanol–water partition coefficient (Wildman–Crippen LogP) is 1.62. The van der Waals surface area contributed by atoms with E-state index in [2.05, 4.69) is 6.58 Å². The van der Waals surface area contributed by atoms with Crippen LogP contribution in [-0.4, -0.2) is 34.7 Å². The summed E-state index contributed by atoms with van der Waals surface area (Å²) in [6.45, 7) is 3.29. The quantitative estimate of drug-likeness (QED) is 0.318. The number of carbonyl (C=O) groups is 3. The van der Waals surface area contributed by atoms with Gasteiger partial charge in [0.2, 0.25) is 0 Å². The Morgan fingerprint density at radius 2 is 2.10 bits per heavy atom. The molecule has 1 aliphatic rings. The first-order chi connectivity index (χ1) is 9.44. The van der Waals surface area contributed by atoms with Crippen LogP contribution in [0.15, 0.2) is 24.8 Å². The Kier molecular flexibility index (Phi) is 5.49. The molecule has 1 rings (SSSR count). The molecule has 0 radical (unpaired) electrons. The van der Waals surface area contributed by atoms with Gasteiger partial charge in [0.1, 0.15) is 0 Å². The number of aliphatic carboxylic acids is 2. The molecule has 0 heterocycles. The summed E-state index contributed by atoms with van der Waals surface area (Å²) in [6.07, 6.45) is 5.42. The Labute approximate surface area is 116 Å². The highest BCUT2D eigenvalue weighted by Crippen LogP contribution is 2.41. The van der Waals surface area contributed by atoms with E-state index in [0.29, 0.717) is 12.8 Å². The van der Waals surface area contributed by atoms with Gasteiger partial charge in [-0.3, -0.25) is 9.59 Å². The largest absolute Gasteiger partial charge is 0.481 e. The van der Waals surface area contributed by atoms with Gasteiger partial charge in [0, 0.05) is 6.08 Å². The fraction of sp³-hybridized carbons (Fsp3) is 0.500. The third-order valence-electron chi connectivity index (χ3n) is 3.50. The normalized spacial score (nSPS) is 24.9. The van der Waals surface area contributed by atoms with Crippen LogP contribution in [0.4, 0.5) is 0 Å². The summed E-state index contributed by atoms with van der Waals surface area (Å²) in [4.78, 5) is 33.7. The van der Waals surface area contributed by atoms with E-state index in [4.69, 9.17) is 4.74 Å². The average Bonchev–Trinajstić information content (AvgIpc) is 2.43. The molecule has 6 heteroatoms. The smallest absolute Gasteiger partial charge is 0.330 e. The molecule has 1 aliphatic carbocycles. The Morgan fingerprint density at radius 1 is 1.40 bits per heavy atom. The van der Waals surface area contributed by atoms with E-state index in [1.54, 1.807) is 6.08 Å². The molecule has 110 valence electrons. The van der Waals surface area contributed by atoms with Gasteiger partial charge < -0.3 is 14.9 Å². The van der Waals surface area contributed by atoms with Crippen molar-refractivity contribution in [2.75, 3.05) is 6.61 Å². The van der Waals surface area contributed by atoms with Crippen molar-refractivity contribution in [3.8, 4) is 0 Å². The summed E-state index contributed by atoms with van der Waals surface area (Å²) < 4.78 is 4.78. The molecule has 2 unspecified atom stereocenters. The molecule has 2 N–H and O–H groups in total. The van der Waals surface area contributed by atoms with E-state index in [9.17, 15) is 24.6 Å². The molecule has 0 saturated heterocycles. The average molecular weight is 282 g/mol. The minimum atomic E-state index is -1.43. The van der Waals surface area contributed by atoms with Crippen LogP contribution in [-0.2, 0) is 19.1 Å². The topological polar surface area (TPSA) is 101 Å². The number of allylic oxidation sites excluding steroid dienone is 1. The van der Waals surface area contributed by atoms with Crippen LogP contribution in [0.1, 0.15) is 25.7 Å². The number of esters is 1. The zero-order valence-corrected chi connectivity index (χ0v) is 11.1. The molecule has 0 aromatic carbocycles. The Morgan fingerprint density at radius 3 is 2.65 bits per heavy atom. The van der Waals surface area contributed by atoms with Gasteiger partial charge in [0.25, 0.3) is 0 Å². The standard InChI is InChI=1S/C14H18O6/c1-2-11(15)20-9-5-8-14(13(18)19)7-4-3-6-10(14)12(16)17/h2,4,7,10H,1,3,5-6,8-9H2,(H,16,17)(H,18,19). The molecule has 0 saturated carbocycles. The van der Waals surface area contributed by atoms with Gasteiger partial charge in [-0.25, -0.2) is 4.79 Å². The van der Waals surface area contributed by atoms with Crippen molar-refractivity contribution in [1.82, 2.24) is 0 Å². The van der Waals surface area contributed by atoms with E-state index in [-0.39, 0.29) is 19.4 Å². The molecule has 20 heavy (non-hydrogen) atoms. The SMILES string of the molecule is C=CC(=O)OCCCC1(C(=O)O)C=CCCC1C(=O)O.